The lowest BCUT2D eigenvalue weighted by molar-refractivity contribution is 0.267. The van der Waals surface area contributed by atoms with Gasteiger partial charge in [0.2, 0.25) is 0 Å². The van der Waals surface area contributed by atoms with Crippen LogP contribution >= 0.6 is 45.8 Å². The van der Waals surface area contributed by atoms with Crippen molar-refractivity contribution in [2.75, 3.05) is 6.61 Å². The molecular weight excluding hydrogens is 452 g/mol. The number of hydrogen-bond acceptors (Lipinski definition) is 4. The van der Waals surface area contributed by atoms with Crippen LogP contribution in [0.15, 0.2) is 35.5 Å². The summed E-state index contributed by atoms with van der Waals surface area (Å²) in [5, 5.41) is 12.8. The van der Waals surface area contributed by atoms with Crippen molar-refractivity contribution in [3.05, 3.63) is 55.1 Å². The van der Waals surface area contributed by atoms with Gasteiger partial charge < -0.3 is 14.7 Å². The monoisotopic (exact) mass is 465 g/mol. The normalized spacial score (nSPS) is 11.0. The molecular formula is C16H14Cl2INO3. The molecule has 0 aliphatic heterocycles. The van der Waals surface area contributed by atoms with Crippen LogP contribution in [0.1, 0.15) is 18.1 Å². The van der Waals surface area contributed by atoms with Gasteiger partial charge in [0.15, 0.2) is 11.5 Å². The van der Waals surface area contributed by atoms with Crippen molar-refractivity contribution < 1.29 is 14.7 Å². The highest BCUT2D eigenvalue weighted by Crippen LogP contribution is 2.35. The Labute approximate surface area is 158 Å². The molecule has 2 rings (SSSR count). The van der Waals surface area contributed by atoms with Gasteiger partial charge in [-0.1, -0.05) is 34.4 Å². The average Bonchev–Trinajstić information content (AvgIpc) is 2.49. The first-order chi connectivity index (χ1) is 11.0. The van der Waals surface area contributed by atoms with Gasteiger partial charge in [-0.05, 0) is 53.8 Å². The van der Waals surface area contributed by atoms with Gasteiger partial charge in [0, 0.05) is 21.2 Å². The highest BCUT2D eigenvalue weighted by Gasteiger charge is 2.13. The Hall–Kier alpha value is -1.18. The summed E-state index contributed by atoms with van der Waals surface area (Å²) in [6.07, 6.45) is 1.34. The maximum Gasteiger partial charge on any atom is 0.175 e. The molecule has 0 saturated heterocycles. The summed E-state index contributed by atoms with van der Waals surface area (Å²) >= 11 is 14.2. The van der Waals surface area contributed by atoms with Crippen molar-refractivity contribution in [3.8, 4) is 11.5 Å². The fourth-order valence-corrected chi connectivity index (χ4v) is 3.16. The SMILES string of the molecule is CCOc1cc(/C=N\O)cc(I)c1OCc1ccc(Cl)cc1Cl. The Kier molecular flexibility index (Phi) is 6.80. The van der Waals surface area contributed by atoms with Crippen molar-refractivity contribution >= 4 is 52.0 Å². The van der Waals surface area contributed by atoms with E-state index in [1.54, 1.807) is 18.2 Å². The van der Waals surface area contributed by atoms with E-state index < -0.39 is 0 Å². The summed E-state index contributed by atoms with van der Waals surface area (Å²) in [6.45, 7) is 2.67. The van der Waals surface area contributed by atoms with E-state index in [1.165, 1.54) is 6.21 Å². The summed E-state index contributed by atoms with van der Waals surface area (Å²) in [5.41, 5.74) is 1.55. The van der Waals surface area contributed by atoms with E-state index in [-0.39, 0.29) is 0 Å². The zero-order chi connectivity index (χ0) is 16.8. The minimum absolute atomic E-state index is 0.291. The Morgan fingerprint density at radius 1 is 1.22 bits per heavy atom. The van der Waals surface area contributed by atoms with Gasteiger partial charge in [-0.2, -0.15) is 0 Å². The third kappa shape index (κ3) is 4.89. The maximum absolute atomic E-state index is 8.68. The summed E-state index contributed by atoms with van der Waals surface area (Å²) in [6, 6.07) is 8.86. The lowest BCUT2D eigenvalue weighted by Gasteiger charge is -2.15. The van der Waals surface area contributed by atoms with Gasteiger partial charge in [-0.15, -0.1) is 0 Å². The van der Waals surface area contributed by atoms with E-state index in [1.807, 2.05) is 19.1 Å². The molecule has 0 saturated carbocycles. The van der Waals surface area contributed by atoms with E-state index in [9.17, 15) is 0 Å². The predicted octanol–water partition coefficient (Wildman–Crippen LogP) is 5.38. The van der Waals surface area contributed by atoms with Crippen LogP contribution in [-0.2, 0) is 6.61 Å². The van der Waals surface area contributed by atoms with E-state index >= 15 is 0 Å². The molecule has 7 heteroatoms. The number of halogens is 3. The van der Waals surface area contributed by atoms with Gasteiger partial charge in [0.1, 0.15) is 6.61 Å². The fourth-order valence-electron chi connectivity index (χ4n) is 1.92. The lowest BCUT2D eigenvalue weighted by Crippen LogP contribution is -2.03. The van der Waals surface area contributed by atoms with Gasteiger partial charge in [0.25, 0.3) is 0 Å². The Morgan fingerprint density at radius 3 is 2.65 bits per heavy atom. The van der Waals surface area contributed by atoms with Gasteiger partial charge in [-0.3, -0.25) is 0 Å². The molecule has 122 valence electrons. The minimum atomic E-state index is 0.291. The zero-order valence-corrected chi connectivity index (χ0v) is 15.9. The molecule has 0 spiro atoms. The highest BCUT2D eigenvalue weighted by atomic mass is 127. The molecule has 0 aliphatic carbocycles. The second-order valence-electron chi connectivity index (χ2n) is 4.53. The van der Waals surface area contributed by atoms with Crippen molar-refractivity contribution in [2.45, 2.75) is 13.5 Å². The zero-order valence-electron chi connectivity index (χ0n) is 12.2. The average molecular weight is 466 g/mol. The molecule has 1 N–H and O–H groups in total. The molecule has 0 atom stereocenters. The van der Waals surface area contributed by atoms with Gasteiger partial charge >= 0.3 is 0 Å². The molecule has 4 nitrogen and oxygen atoms in total. The van der Waals surface area contributed by atoms with Crippen LogP contribution < -0.4 is 9.47 Å². The smallest absolute Gasteiger partial charge is 0.175 e. The molecule has 2 aromatic rings. The van der Waals surface area contributed by atoms with Crippen LogP contribution in [0.4, 0.5) is 0 Å². The number of oxime groups is 1. The number of hydrogen-bond donors (Lipinski definition) is 1. The van der Waals surface area contributed by atoms with Crippen molar-refractivity contribution in [2.24, 2.45) is 5.16 Å². The van der Waals surface area contributed by atoms with Crippen LogP contribution in [-0.4, -0.2) is 18.0 Å². The lowest BCUT2D eigenvalue weighted by atomic mass is 10.2. The predicted molar refractivity (Wildman–Crippen MR) is 101 cm³/mol. The molecule has 0 bridgehead atoms. The molecule has 2 aromatic carbocycles. The Balaban J connectivity index is 2.27. The van der Waals surface area contributed by atoms with Crippen molar-refractivity contribution in [3.63, 3.8) is 0 Å². The second kappa shape index (κ2) is 8.61. The number of rotatable bonds is 6. The van der Waals surface area contributed by atoms with Crippen LogP contribution in [0.25, 0.3) is 0 Å². The summed E-state index contributed by atoms with van der Waals surface area (Å²) in [7, 11) is 0. The summed E-state index contributed by atoms with van der Waals surface area (Å²) < 4.78 is 12.3. The first-order valence-corrected chi connectivity index (χ1v) is 8.59. The highest BCUT2D eigenvalue weighted by molar-refractivity contribution is 14.1. The van der Waals surface area contributed by atoms with Crippen molar-refractivity contribution in [1.29, 1.82) is 0 Å². The first kappa shape index (κ1) is 18.2. The molecule has 23 heavy (non-hydrogen) atoms. The third-order valence-corrected chi connectivity index (χ3v) is 4.31. The molecule has 0 amide bonds. The number of nitrogens with zero attached hydrogens (tertiary/aromatic N) is 1. The topological polar surface area (TPSA) is 51.0 Å². The Bertz CT molecular complexity index is 723. The quantitative estimate of drug-likeness (QED) is 0.269. The van der Waals surface area contributed by atoms with Crippen LogP contribution in [0, 0.1) is 3.57 Å². The standard InChI is InChI=1S/C16H14Cl2INO3/c1-2-22-15-6-10(8-20-21)5-14(19)16(15)23-9-11-3-4-12(17)7-13(11)18/h3-8,21H,2,9H2,1H3/b20-8-. The number of benzene rings is 2. The van der Waals surface area contributed by atoms with E-state index in [0.29, 0.717) is 34.8 Å². The number of ether oxygens (including phenoxy) is 2. The maximum atomic E-state index is 8.68. The van der Waals surface area contributed by atoms with Crippen LogP contribution in [0.2, 0.25) is 10.0 Å². The van der Waals surface area contributed by atoms with Crippen molar-refractivity contribution in [1.82, 2.24) is 0 Å². The molecule has 0 aromatic heterocycles. The molecule has 0 fully saturated rings. The van der Waals surface area contributed by atoms with E-state index in [0.717, 1.165) is 14.7 Å². The van der Waals surface area contributed by atoms with Crippen LogP contribution in [0.5, 0.6) is 11.5 Å². The molecule has 0 unspecified atom stereocenters. The van der Waals surface area contributed by atoms with E-state index in [2.05, 4.69) is 27.7 Å². The largest absolute Gasteiger partial charge is 0.490 e. The summed E-state index contributed by atoms with van der Waals surface area (Å²) in [5.74, 6) is 1.20. The molecule has 0 heterocycles. The molecule has 0 radical (unpaired) electrons. The van der Waals surface area contributed by atoms with Gasteiger partial charge in [0.05, 0.1) is 16.4 Å². The van der Waals surface area contributed by atoms with Gasteiger partial charge in [-0.25, -0.2) is 0 Å². The first-order valence-electron chi connectivity index (χ1n) is 6.75. The summed E-state index contributed by atoms with van der Waals surface area (Å²) in [4.78, 5) is 0. The third-order valence-electron chi connectivity index (χ3n) is 2.93. The molecule has 0 aliphatic rings. The Morgan fingerprint density at radius 2 is 2.00 bits per heavy atom. The van der Waals surface area contributed by atoms with E-state index in [4.69, 9.17) is 37.9 Å². The van der Waals surface area contributed by atoms with Crippen LogP contribution in [0.3, 0.4) is 0 Å². The second-order valence-corrected chi connectivity index (χ2v) is 6.54. The fraction of sp³-hybridized carbons (Fsp3) is 0.188. The minimum Gasteiger partial charge on any atom is -0.490 e.